The predicted octanol–water partition coefficient (Wildman–Crippen LogP) is 2.19. The normalized spacial score (nSPS) is 15.8. The van der Waals surface area contributed by atoms with Gasteiger partial charge in [0, 0.05) is 43.9 Å². The first-order valence-corrected chi connectivity index (χ1v) is 8.22. The second kappa shape index (κ2) is 7.15. The van der Waals surface area contributed by atoms with Crippen molar-refractivity contribution in [2.24, 2.45) is 0 Å². The summed E-state index contributed by atoms with van der Waals surface area (Å²) in [6, 6.07) is 7.93. The average Bonchev–Trinajstić information content (AvgIpc) is 2.95. The van der Waals surface area contributed by atoms with Crippen molar-refractivity contribution in [3.05, 3.63) is 52.8 Å². The number of aromatic nitrogens is 2. The van der Waals surface area contributed by atoms with Crippen LogP contribution in [0.15, 0.2) is 36.7 Å². The smallest absolute Gasteiger partial charge is 0.244 e. The van der Waals surface area contributed by atoms with Gasteiger partial charge in [-0.15, -0.1) is 0 Å². The Balaban J connectivity index is 1.50. The summed E-state index contributed by atoms with van der Waals surface area (Å²) in [7, 11) is 0. The zero-order chi connectivity index (χ0) is 16.2. The lowest BCUT2D eigenvalue weighted by Crippen LogP contribution is -2.49. The van der Waals surface area contributed by atoms with Crippen molar-refractivity contribution in [2.45, 2.75) is 20.0 Å². The summed E-state index contributed by atoms with van der Waals surface area (Å²) in [5.41, 5.74) is 2.21. The van der Waals surface area contributed by atoms with E-state index in [2.05, 4.69) is 16.1 Å². The zero-order valence-electron chi connectivity index (χ0n) is 13.3. The van der Waals surface area contributed by atoms with E-state index in [-0.39, 0.29) is 5.91 Å². The van der Waals surface area contributed by atoms with E-state index in [0.717, 1.165) is 48.9 Å². The topological polar surface area (TPSA) is 41.4 Å². The molecule has 1 aromatic carbocycles. The second-order valence-electron chi connectivity index (χ2n) is 5.96. The molecule has 1 aliphatic heterocycles. The van der Waals surface area contributed by atoms with Gasteiger partial charge in [-0.05, 0) is 24.1 Å². The molecule has 1 saturated heterocycles. The van der Waals surface area contributed by atoms with Gasteiger partial charge >= 0.3 is 0 Å². The molecule has 1 aliphatic rings. The fourth-order valence-electron chi connectivity index (χ4n) is 2.81. The van der Waals surface area contributed by atoms with Gasteiger partial charge in [-0.25, -0.2) is 0 Å². The Morgan fingerprint density at radius 2 is 1.96 bits per heavy atom. The minimum atomic E-state index is 0.130. The molecule has 122 valence electrons. The van der Waals surface area contributed by atoms with Crippen LogP contribution in [0.2, 0.25) is 5.02 Å². The van der Waals surface area contributed by atoms with Gasteiger partial charge in [0.05, 0.1) is 6.20 Å². The first-order valence-electron chi connectivity index (χ1n) is 7.84. The highest BCUT2D eigenvalue weighted by molar-refractivity contribution is 6.31. The molecule has 0 unspecified atom stereocenters. The van der Waals surface area contributed by atoms with Crippen molar-refractivity contribution in [3.8, 4) is 0 Å². The molecule has 2 heterocycles. The van der Waals surface area contributed by atoms with Crippen molar-refractivity contribution in [1.29, 1.82) is 0 Å². The zero-order valence-corrected chi connectivity index (χ0v) is 14.0. The number of rotatable bonds is 4. The van der Waals surface area contributed by atoms with Crippen molar-refractivity contribution in [3.63, 3.8) is 0 Å². The fraction of sp³-hybridized carbons (Fsp3) is 0.412. The Morgan fingerprint density at radius 3 is 2.61 bits per heavy atom. The molecule has 5 nitrogen and oxygen atoms in total. The largest absolute Gasteiger partial charge is 0.339 e. The Labute approximate surface area is 141 Å². The number of piperazine rings is 1. The van der Waals surface area contributed by atoms with Crippen LogP contribution in [0.4, 0.5) is 0 Å². The monoisotopic (exact) mass is 332 g/mol. The summed E-state index contributed by atoms with van der Waals surface area (Å²) in [6.45, 7) is 6.37. The van der Waals surface area contributed by atoms with Gasteiger partial charge in [-0.1, -0.05) is 29.8 Å². The maximum absolute atomic E-state index is 12.3. The van der Waals surface area contributed by atoms with Crippen LogP contribution in [0.3, 0.4) is 0 Å². The van der Waals surface area contributed by atoms with Gasteiger partial charge in [0.25, 0.3) is 0 Å². The number of benzene rings is 1. The van der Waals surface area contributed by atoms with Crippen LogP contribution in [0.25, 0.3) is 0 Å². The highest BCUT2D eigenvalue weighted by Crippen LogP contribution is 2.18. The molecular formula is C17H21ClN4O. The molecule has 6 heteroatoms. The molecule has 23 heavy (non-hydrogen) atoms. The lowest BCUT2D eigenvalue weighted by Gasteiger charge is -2.34. The fourth-order valence-corrected chi connectivity index (χ4v) is 3.01. The summed E-state index contributed by atoms with van der Waals surface area (Å²) in [5, 5.41) is 4.98. The summed E-state index contributed by atoms with van der Waals surface area (Å²) >= 11 is 6.21. The lowest BCUT2D eigenvalue weighted by atomic mass is 10.2. The first kappa shape index (κ1) is 16.0. The molecule has 0 radical (unpaired) electrons. The van der Waals surface area contributed by atoms with Crippen molar-refractivity contribution >= 4 is 17.5 Å². The highest BCUT2D eigenvalue weighted by atomic mass is 35.5. The van der Waals surface area contributed by atoms with E-state index in [1.807, 2.05) is 36.2 Å². The quantitative estimate of drug-likeness (QED) is 0.862. The third-order valence-electron chi connectivity index (χ3n) is 4.14. The molecular weight excluding hydrogens is 312 g/mol. The molecule has 0 bridgehead atoms. The maximum atomic E-state index is 12.3. The van der Waals surface area contributed by atoms with E-state index >= 15 is 0 Å². The molecule has 1 fully saturated rings. The number of carbonyl (C=O) groups is 1. The van der Waals surface area contributed by atoms with Crippen LogP contribution in [-0.4, -0.2) is 51.7 Å². The van der Waals surface area contributed by atoms with Crippen molar-refractivity contribution < 1.29 is 4.79 Å². The summed E-state index contributed by atoms with van der Waals surface area (Å²) in [6.07, 6.45) is 3.67. The lowest BCUT2D eigenvalue weighted by molar-refractivity contribution is -0.133. The Kier molecular flexibility index (Phi) is 4.98. The van der Waals surface area contributed by atoms with E-state index in [9.17, 15) is 4.79 Å². The number of nitrogens with zero attached hydrogens (tertiary/aromatic N) is 4. The minimum Gasteiger partial charge on any atom is -0.339 e. The van der Waals surface area contributed by atoms with E-state index in [0.29, 0.717) is 6.54 Å². The second-order valence-corrected chi connectivity index (χ2v) is 6.37. The van der Waals surface area contributed by atoms with Crippen LogP contribution in [0, 0.1) is 6.92 Å². The number of hydrogen-bond acceptors (Lipinski definition) is 3. The molecule has 0 aliphatic carbocycles. The maximum Gasteiger partial charge on any atom is 0.244 e. The Hall–Kier alpha value is -1.85. The SMILES string of the molecule is Cc1cnn(CC(=O)N2CCN(Cc3ccccc3Cl)CC2)c1. The third kappa shape index (κ3) is 4.12. The number of aryl methyl sites for hydroxylation is 1. The summed E-state index contributed by atoms with van der Waals surface area (Å²) in [4.78, 5) is 16.6. The van der Waals surface area contributed by atoms with E-state index in [1.165, 1.54) is 0 Å². The highest BCUT2D eigenvalue weighted by Gasteiger charge is 2.21. The molecule has 0 saturated carbocycles. The molecule has 3 rings (SSSR count). The van der Waals surface area contributed by atoms with Crippen molar-refractivity contribution in [1.82, 2.24) is 19.6 Å². The van der Waals surface area contributed by atoms with E-state index in [4.69, 9.17) is 11.6 Å². The van der Waals surface area contributed by atoms with Crippen LogP contribution in [-0.2, 0) is 17.9 Å². The van der Waals surface area contributed by atoms with E-state index in [1.54, 1.807) is 10.9 Å². The molecule has 0 spiro atoms. The molecule has 1 amide bonds. The van der Waals surface area contributed by atoms with Gasteiger partial charge in [-0.2, -0.15) is 5.10 Å². The van der Waals surface area contributed by atoms with Crippen molar-refractivity contribution in [2.75, 3.05) is 26.2 Å². The molecule has 1 aromatic heterocycles. The average molecular weight is 333 g/mol. The van der Waals surface area contributed by atoms with Crippen LogP contribution < -0.4 is 0 Å². The summed E-state index contributed by atoms with van der Waals surface area (Å²) < 4.78 is 1.70. The predicted molar refractivity (Wildman–Crippen MR) is 90.3 cm³/mol. The number of hydrogen-bond donors (Lipinski definition) is 0. The van der Waals surface area contributed by atoms with Crippen LogP contribution in [0.1, 0.15) is 11.1 Å². The number of carbonyl (C=O) groups excluding carboxylic acids is 1. The standard InChI is InChI=1S/C17H21ClN4O/c1-14-10-19-22(11-14)13-17(23)21-8-6-20(7-9-21)12-15-4-2-3-5-16(15)18/h2-5,10-11H,6-9,12-13H2,1H3. The van der Waals surface area contributed by atoms with Crippen LogP contribution >= 0.6 is 11.6 Å². The van der Waals surface area contributed by atoms with Gasteiger partial charge in [-0.3, -0.25) is 14.4 Å². The molecule has 0 atom stereocenters. The molecule has 0 N–H and O–H groups in total. The summed E-state index contributed by atoms with van der Waals surface area (Å²) in [5.74, 6) is 0.130. The number of amides is 1. The van der Waals surface area contributed by atoms with Gasteiger partial charge in [0.2, 0.25) is 5.91 Å². The van der Waals surface area contributed by atoms with Gasteiger partial charge in [0.1, 0.15) is 6.54 Å². The third-order valence-corrected chi connectivity index (χ3v) is 4.51. The number of halogens is 1. The van der Waals surface area contributed by atoms with E-state index < -0.39 is 0 Å². The van der Waals surface area contributed by atoms with Gasteiger partial charge < -0.3 is 4.90 Å². The Bertz CT molecular complexity index is 677. The Morgan fingerprint density at radius 1 is 1.22 bits per heavy atom. The molecule has 2 aromatic rings. The van der Waals surface area contributed by atoms with Crippen LogP contribution in [0.5, 0.6) is 0 Å². The minimum absolute atomic E-state index is 0.130. The first-order chi connectivity index (χ1) is 11.1. The van der Waals surface area contributed by atoms with Gasteiger partial charge in [0.15, 0.2) is 0 Å².